The van der Waals surface area contributed by atoms with Gasteiger partial charge in [-0.25, -0.2) is 0 Å². The molecule has 93 valence electrons. The Morgan fingerprint density at radius 1 is 1.18 bits per heavy atom. The highest BCUT2D eigenvalue weighted by Gasteiger charge is 2.11. The summed E-state index contributed by atoms with van der Waals surface area (Å²) in [6, 6.07) is 6.92. The first kappa shape index (κ1) is 13.7. The summed E-state index contributed by atoms with van der Waals surface area (Å²) in [5.74, 6) is 0. The van der Waals surface area contributed by atoms with Gasteiger partial charge in [-0.3, -0.25) is 10.1 Å². The third-order valence-electron chi connectivity index (χ3n) is 2.81. The smallest absolute Gasteiger partial charge is 0.258 e. The van der Waals surface area contributed by atoms with Crippen LogP contribution < -0.4 is 0 Å². The third-order valence-corrected chi connectivity index (χ3v) is 2.81. The number of hydrogen-bond acceptors (Lipinski definition) is 2. The molecular formula is C14H20NO2. The summed E-state index contributed by atoms with van der Waals surface area (Å²) in [6.07, 6.45) is 9.02. The molecule has 3 nitrogen and oxygen atoms in total. The molecule has 0 aliphatic heterocycles. The molecule has 1 aromatic carbocycles. The number of hydrogen-bond donors (Lipinski definition) is 0. The van der Waals surface area contributed by atoms with Gasteiger partial charge >= 0.3 is 0 Å². The van der Waals surface area contributed by atoms with Crippen LogP contribution in [0.1, 0.15) is 51.0 Å². The van der Waals surface area contributed by atoms with E-state index in [2.05, 4.69) is 6.92 Å². The molecule has 0 fully saturated rings. The molecule has 0 spiro atoms. The predicted molar refractivity (Wildman–Crippen MR) is 69.9 cm³/mol. The first-order valence-electron chi connectivity index (χ1n) is 6.32. The first-order valence-corrected chi connectivity index (χ1v) is 6.32. The number of benzene rings is 1. The van der Waals surface area contributed by atoms with E-state index in [-0.39, 0.29) is 10.6 Å². The highest BCUT2D eigenvalue weighted by molar-refractivity contribution is 5.44. The van der Waals surface area contributed by atoms with Crippen LogP contribution in [0.25, 0.3) is 0 Å². The first-order chi connectivity index (χ1) is 8.25. The van der Waals surface area contributed by atoms with Crippen LogP contribution in [0.3, 0.4) is 0 Å². The fraction of sp³-hybridized carbons (Fsp3) is 0.500. The SMILES string of the molecule is CCCCCCC[CH]c1ccccc1[N+](=O)[O-]. The molecular weight excluding hydrogens is 214 g/mol. The van der Waals surface area contributed by atoms with Crippen LogP contribution in [-0.2, 0) is 0 Å². The molecule has 0 bridgehead atoms. The van der Waals surface area contributed by atoms with Crippen molar-refractivity contribution in [3.8, 4) is 0 Å². The molecule has 0 unspecified atom stereocenters. The van der Waals surface area contributed by atoms with E-state index < -0.39 is 0 Å². The second-order valence-corrected chi connectivity index (χ2v) is 4.22. The lowest BCUT2D eigenvalue weighted by Gasteiger charge is -2.02. The van der Waals surface area contributed by atoms with Crippen LogP contribution in [-0.4, -0.2) is 4.92 Å². The van der Waals surface area contributed by atoms with Crippen molar-refractivity contribution in [3.63, 3.8) is 0 Å². The third kappa shape index (κ3) is 4.98. The number of para-hydroxylation sites is 1. The van der Waals surface area contributed by atoms with Gasteiger partial charge in [0.05, 0.1) is 4.92 Å². The summed E-state index contributed by atoms with van der Waals surface area (Å²) in [7, 11) is 0. The maximum absolute atomic E-state index is 10.8. The Hall–Kier alpha value is -1.38. The quantitative estimate of drug-likeness (QED) is 0.377. The van der Waals surface area contributed by atoms with Crippen LogP contribution in [0.4, 0.5) is 5.69 Å². The van der Waals surface area contributed by atoms with Gasteiger partial charge < -0.3 is 0 Å². The largest absolute Gasteiger partial charge is 0.272 e. The molecule has 3 heteroatoms. The van der Waals surface area contributed by atoms with Gasteiger partial charge in [0.2, 0.25) is 0 Å². The van der Waals surface area contributed by atoms with Crippen LogP contribution in [0.15, 0.2) is 24.3 Å². The normalized spacial score (nSPS) is 10.4. The van der Waals surface area contributed by atoms with Crippen molar-refractivity contribution in [2.45, 2.75) is 45.4 Å². The molecule has 0 aromatic heterocycles. The van der Waals surface area contributed by atoms with Crippen LogP contribution >= 0.6 is 0 Å². The highest BCUT2D eigenvalue weighted by Crippen LogP contribution is 2.21. The zero-order chi connectivity index (χ0) is 12.5. The van der Waals surface area contributed by atoms with E-state index in [9.17, 15) is 10.1 Å². The lowest BCUT2D eigenvalue weighted by atomic mass is 10.0. The van der Waals surface area contributed by atoms with Gasteiger partial charge in [0.1, 0.15) is 0 Å². The minimum atomic E-state index is -0.317. The average molecular weight is 234 g/mol. The summed E-state index contributed by atoms with van der Waals surface area (Å²) in [5.41, 5.74) is 0.953. The molecule has 0 N–H and O–H groups in total. The lowest BCUT2D eigenvalue weighted by molar-refractivity contribution is -0.385. The Kier molecular flexibility index (Phi) is 6.30. The fourth-order valence-corrected chi connectivity index (χ4v) is 1.83. The molecule has 1 rings (SSSR count). The molecule has 0 saturated carbocycles. The number of nitro benzene ring substituents is 1. The van der Waals surface area contributed by atoms with E-state index >= 15 is 0 Å². The van der Waals surface area contributed by atoms with E-state index in [1.807, 2.05) is 18.6 Å². The van der Waals surface area contributed by atoms with Crippen LogP contribution in [0.2, 0.25) is 0 Å². The van der Waals surface area contributed by atoms with Crippen molar-refractivity contribution >= 4 is 5.69 Å². The van der Waals surface area contributed by atoms with Gasteiger partial charge in [-0.15, -0.1) is 0 Å². The minimum Gasteiger partial charge on any atom is -0.258 e. The minimum absolute atomic E-state index is 0.209. The van der Waals surface area contributed by atoms with E-state index in [0.717, 1.165) is 18.4 Å². The molecule has 0 amide bonds. The van der Waals surface area contributed by atoms with Gasteiger partial charge in [-0.05, 0) is 12.8 Å². The average Bonchev–Trinajstić information content (AvgIpc) is 2.34. The van der Waals surface area contributed by atoms with Crippen molar-refractivity contribution in [2.24, 2.45) is 0 Å². The van der Waals surface area contributed by atoms with E-state index in [0.29, 0.717) is 0 Å². The van der Waals surface area contributed by atoms with Crippen LogP contribution in [0.5, 0.6) is 0 Å². The summed E-state index contributed by atoms with van der Waals surface area (Å²) in [4.78, 5) is 10.5. The van der Waals surface area contributed by atoms with Gasteiger partial charge in [0, 0.05) is 11.6 Å². The summed E-state index contributed by atoms with van der Waals surface area (Å²) < 4.78 is 0. The molecule has 0 aliphatic carbocycles. The number of rotatable bonds is 8. The Morgan fingerprint density at radius 3 is 2.59 bits per heavy atom. The fourth-order valence-electron chi connectivity index (χ4n) is 1.83. The monoisotopic (exact) mass is 234 g/mol. The number of unbranched alkanes of at least 4 members (excludes halogenated alkanes) is 5. The molecule has 0 aliphatic rings. The molecule has 0 heterocycles. The Balaban J connectivity index is 2.34. The summed E-state index contributed by atoms with van der Waals surface area (Å²) in [5, 5.41) is 10.8. The van der Waals surface area contributed by atoms with Gasteiger partial charge in [-0.1, -0.05) is 57.2 Å². The molecule has 1 radical (unpaired) electrons. The van der Waals surface area contributed by atoms with Crippen LogP contribution in [0, 0.1) is 16.5 Å². The standard InChI is InChI=1S/C14H20NO2/c1-2-3-4-5-6-7-10-13-11-8-9-12-14(13)15(16)17/h8-12H,2-7H2,1H3. The van der Waals surface area contributed by atoms with Crippen molar-refractivity contribution in [3.05, 3.63) is 46.4 Å². The second-order valence-electron chi connectivity index (χ2n) is 4.22. The maximum Gasteiger partial charge on any atom is 0.272 e. The van der Waals surface area contributed by atoms with Gasteiger partial charge in [-0.2, -0.15) is 0 Å². The van der Waals surface area contributed by atoms with Crippen molar-refractivity contribution in [1.29, 1.82) is 0 Å². The van der Waals surface area contributed by atoms with Crippen molar-refractivity contribution < 1.29 is 4.92 Å². The molecule has 17 heavy (non-hydrogen) atoms. The Bertz CT molecular complexity index is 350. The van der Waals surface area contributed by atoms with Gasteiger partial charge in [0.15, 0.2) is 0 Å². The van der Waals surface area contributed by atoms with Crippen molar-refractivity contribution in [1.82, 2.24) is 0 Å². The zero-order valence-corrected chi connectivity index (χ0v) is 10.4. The second kappa shape index (κ2) is 7.82. The Morgan fingerprint density at radius 2 is 1.88 bits per heavy atom. The zero-order valence-electron chi connectivity index (χ0n) is 10.4. The highest BCUT2D eigenvalue weighted by atomic mass is 16.6. The number of nitro groups is 1. The van der Waals surface area contributed by atoms with E-state index in [4.69, 9.17) is 0 Å². The lowest BCUT2D eigenvalue weighted by Crippen LogP contribution is -1.93. The van der Waals surface area contributed by atoms with Gasteiger partial charge in [0.25, 0.3) is 5.69 Å². The van der Waals surface area contributed by atoms with Crippen molar-refractivity contribution in [2.75, 3.05) is 0 Å². The van der Waals surface area contributed by atoms with E-state index in [1.165, 1.54) is 25.7 Å². The molecule has 0 saturated heterocycles. The maximum atomic E-state index is 10.8. The predicted octanol–water partition coefficient (Wildman–Crippen LogP) is 4.51. The Labute approximate surface area is 103 Å². The summed E-state index contributed by atoms with van der Waals surface area (Å²) >= 11 is 0. The van der Waals surface area contributed by atoms with E-state index in [1.54, 1.807) is 12.1 Å². The number of nitrogens with zero attached hydrogens (tertiary/aromatic N) is 1. The summed E-state index contributed by atoms with van der Waals surface area (Å²) in [6.45, 7) is 2.19. The molecule has 0 atom stereocenters. The topological polar surface area (TPSA) is 43.1 Å². The molecule has 1 aromatic rings.